The number of anilines is 1. The second kappa shape index (κ2) is 5.96. The predicted octanol–water partition coefficient (Wildman–Crippen LogP) is 5.32. The lowest BCUT2D eigenvalue weighted by Gasteiger charge is -2.38. The van der Waals surface area contributed by atoms with Crippen molar-refractivity contribution >= 4 is 21.6 Å². The number of benzene rings is 2. The van der Waals surface area contributed by atoms with Gasteiger partial charge in [0.2, 0.25) is 0 Å². The van der Waals surface area contributed by atoms with E-state index in [2.05, 4.69) is 45.1 Å². The second-order valence-electron chi connectivity index (χ2n) is 5.21. The van der Waals surface area contributed by atoms with Crippen LogP contribution in [-0.4, -0.2) is 6.54 Å². The van der Waals surface area contributed by atoms with E-state index in [4.69, 9.17) is 0 Å². The first kappa shape index (κ1) is 13.6. The maximum absolute atomic E-state index is 14.1. The topological polar surface area (TPSA) is 3.24 Å². The minimum atomic E-state index is -0.128. The lowest BCUT2D eigenvalue weighted by molar-refractivity contribution is 0.465. The van der Waals surface area contributed by atoms with Crippen molar-refractivity contribution in [3.63, 3.8) is 0 Å². The van der Waals surface area contributed by atoms with E-state index in [0.717, 1.165) is 29.5 Å². The van der Waals surface area contributed by atoms with Crippen LogP contribution in [0.15, 0.2) is 53.0 Å². The van der Waals surface area contributed by atoms with Crippen molar-refractivity contribution < 1.29 is 4.39 Å². The molecular formula is C17H17BrFN. The summed E-state index contributed by atoms with van der Waals surface area (Å²) in [6.45, 7) is 0.918. The zero-order valence-electron chi connectivity index (χ0n) is 11.2. The number of halogens is 2. The zero-order chi connectivity index (χ0) is 13.9. The summed E-state index contributed by atoms with van der Waals surface area (Å²) in [5, 5.41) is 0. The van der Waals surface area contributed by atoms with Gasteiger partial charge in [-0.3, -0.25) is 0 Å². The monoisotopic (exact) mass is 333 g/mol. The van der Waals surface area contributed by atoms with Crippen LogP contribution in [0.5, 0.6) is 0 Å². The van der Waals surface area contributed by atoms with Crippen LogP contribution in [0.25, 0.3) is 0 Å². The fourth-order valence-corrected chi connectivity index (χ4v) is 3.20. The van der Waals surface area contributed by atoms with E-state index in [1.807, 2.05) is 12.1 Å². The van der Waals surface area contributed by atoms with Crippen LogP contribution in [0.2, 0.25) is 0 Å². The molecule has 20 heavy (non-hydrogen) atoms. The molecule has 1 fully saturated rings. The molecule has 1 nitrogen and oxygen atoms in total. The van der Waals surface area contributed by atoms with E-state index < -0.39 is 0 Å². The second-order valence-corrected chi connectivity index (χ2v) is 6.12. The van der Waals surface area contributed by atoms with E-state index in [-0.39, 0.29) is 11.9 Å². The average Bonchev–Trinajstić information content (AvgIpc) is 2.49. The van der Waals surface area contributed by atoms with Crippen LogP contribution in [0.4, 0.5) is 10.1 Å². The first-order chi connectivity index (χ1) is 9.75. The highest BCUT2D eigenvalue weighted by molar-refractivity contribution is 9.10. The molecule has 0 radical (unpaired) electrons. The molecule has 0 saturated carbocycles. The number of hydrogen-bond donors (Lipinski definition) is 0. The molecule has 2 aromatic rings. The molecule has 1 saturated heterocycles. The van der Waals surface area contributed by atoms with Crippen molar-refractivity contribution in [2.75, 3.05) is 11.4 Å². The molecule has 1 aliphatic heterocycles. The maximum Gasteiger partial charge on any atom is 0.146 e. The molecule has 2 aromatic carbocycles. The van der Waals surface area contributed by atoms with Crippen molar-refractivity contribution in [1.82, 2.24) is 0 Å². The zero-order valence-corrected chi connectivity index (χ0v) is 12.8. The van der Waals surface area contributed by atoms with Gasteiger partial charge in [0.15, 0.2) is 0 Å². The Morgan fingerprint density at radius 1 is 1.00 bits per heavy atom. The minimum absolute atomic E-state index is 0.128. The minimum Gasteiger partial charge on any atom is -0.362 e. The van der Waals surface area contributed by atoms with Gasteiger partial charge >= 0.3 is 0 Å². The average molecular weight is 334 g/mol. The third-order valence-electron chi connectivity index (χ3n) is 3.92. The lowest BCUT2D eigenvalue weighted by Crippen LogP contribution is -2.33. The van der Waals surface area contributed by atoms with Crippen molar-refractivity contribution in [3.8, 4) is 0 Å². The summed E-state index contributed by atoms with van der Waals surface area (Å²) < 4.78 is 15.2. The Kier molecular flexibility index (Phi) is 4.06. The van der Waals surface area contributed by atoms with Crippen LogP contribution in [0.3, 0.4) is 0 Å². The van der Waals surface area contributed by atoms with Crippen molar-refractivity contribution in [2.24, 2.45) is 0 Å². The van der Waals surface area contributed by atoms with Gasteiger partial charge in [-0.25, -0.2) is 4.39 Å². The molecule has 0 bridgehead atoms. The van der Waals surface area contributed by atoms with Crippen LogP contribution < -0.4 is 4.90 Å². The Bertz CT molecular complexity index is 582. The molecule has 1 unspecified atom stereocenters. The molecule has 3 rings (SSSR count). The highest BCUT2D eigenvalue weighted by atomic mass is 79.9. The van der Waals surface area contributed by atoms with Crippen LogP contribution in [0, 0.1) is 5.82 Å². The normalized spacial score (nSPS) is 19.1. The standard InChI is InChI=1S/C17H17BrFN/c18-14-10-8-13(9-11-14)16-6-3-4-12-20(16)17-7-2-1-5-15(17)19/h1-2,5,7-11,16H,3-4,6,12H2. The number of para-hydroxylation sites is 1. The molecule has 0 N–H and O–H groups in total. The third kappa shape index (κ3) is 2.73. The van der Waals surface area contributed by atoms with Crippen LogP contribution in [-0.2, 0) is 0 Å². The fraction of sp³-hybridized carbons (Fsp3) is 0.294. The van der Waals surface area contributed by atoms with Gasteiger partial charge < -0.3 is 4.90 Å². The van der Waals surface area contributed by atoms with Gasteiger partial charge in [0.05, 0.1) is 11.7 Å². The van der Waals surface area contributed by atoms with Gasteiger partial charge in [-0.2, -0.15) is 0 Å². The first-order valence-electron chi connectivity index (χ1n) is 7.02. The molecule has 0 spiro atoms. The first-order valence-corrected chi connectivity index (χ1v) is 7.81. The maximum atomic E-state index is 14.1. The van der Waals surface area contributed by atoms with Gasteiger partial charge in [-0.05, 0) is 49.1 Å². The Morgan fingerprint density at radius 2 is 1.75 bits per heavy atom. The SMILES string of the molecule is Fc1ccccc1N1CCCCC1c1ccc(Br)cc1. The van der Waals surface area contributed by atoms with Gasteiger partial charge in [-0.1, -0.05) is 40.2 Å². The molecule has 1 atom stereocenters. The van der Waals surface area contributed by atoms with E-state index >= 15 is 0 Å². The Balaban J connectivity index is 1.95. The predicted molar refractivity (Wildman–Crippen MR) is 84.5 cm³/mol. The Morgan fingerprint density at radius 3 is 2.50 bits per heavy atom. The molecule has 0 amide bonds. The van der Waals surface area contributed by atoms with E-state index in [0.29, 0.717) is 0 Å². The quantitative estimate of drug-likeness (QED) is 0.718. The summed E-state index contributed by atoms with van der Waals surface area (Å²) in [6, 6.07) is 15.7. The molecule has 0 aliphatic carbocycles. The molecule has 104 valence electrons. The number of hydrogen-bond acceptors (Lipinski definition) is 1. The summed E-state index contributed by atoms with van der Waals surface area (Å²) in [5.74, 6) is -0.128. The van der Waals surface area contributed by atoms with Crippen molar-refractivity contribution in [1.29, 1.82) is 0 Å². The van der Waals surface area contributed by atoms with Crippen LogP contribution >= 0.6 is 15.9 Å². The highest BCUT2D eigenvalue weighted by Crippen LogP contribution is 2.36. The molecular weight excluding hydrogens is 317 g/mol. The summed E-state index contributed by atoms with van der Waals surface area (Å²) in [6.07, 6.45) is 3.41. The smallest absolute Gasteiger partial charge is 0.146 e. The number of piperidine rings is 1. The number of nitrogens with zero attached hydrogens (tertiary/aromatic N) is 1. The largest absolute Gasteiger partial charge is 0.362 e. The van der Waals surface area contributed by atoms with Gasteiger partial charge in [-0.15, -0.1) is 0 Å². The van der Waals surface area contributed by atoms with Crippen molar-refractivity contribution in [2.45, 2.75) is 25.3 Å². The summed E-state index contributed by atoms with van der Waals surface area (Å²) in [4.78, 5) is 2.21. The lowest BCUT2D eigenvalue weighted by atomic mass is 9.94. The molecule has 0 aromatic heterocycles. The summed E-state index contributed by atoms with van der Waals surface area (Å²) in [5.41, 5.74) is 1.98. The van der Waals surface area contributed by atoms with Crippen molar-refractivity contribution in [3.05, 3.63) is 64.4 Å². The summed E-state index contributed by atoms with van der Waals surface area (Å²) >= 11 is 3.47. The Hall–Kier alpha value is -1.35. The summed E-state index contributed by atoms with van der Waals surface area (Å²) in [7, 11) is 0. The van der Waals surface area contributed by atoms with Gasteiger partial charge in [0.25, 0.3) is 0 Å². The Labute approximate surface area is 127 Å². The highest BCUT2D eigenvalue weighted by Gasteiger charge is 2.25. The van der Waals surface area contributed by atoms with Crippen LogP contribution in [0.1, 0.15) is 30.9 Å². The molecule has 1 heterocycles. The third-order valence-corrected chi connectivity index (χ3v) is 4.45. The molecule has 1 aliphatic rings. The van der Waals surface area contributed by atoms with E-state index in [1.54, 1.807) is 12.1 Å². The number of rotatable bonds is 2. The van der Waals surface area contributed by atoms with Gasteiger partial charge in [0.1, 0.15) is 5.82 Å². The van der Waals surface area contributed by atoms with E-state index in [9.17, 15) is 4.39 Å². The molecule has 3 heteroatoms. The van der Waals surface area contributed by atoms with Gasteiger partial charge in [0, 0.05) is 11.0 Å². The fourth-order valence-electron chi connectivity index (χ4n) is 2.94. The van der Waals surface area contributed by atoms with E-state index in [1.165, 1.54) is 12.0 Å².